The van der Waals surface area contributed by atoms with Crippen LogP contribution in [0.3, 0.4) is 0 Å². The minimum atomic E-state index is -4.38. The van der Waals surface area contributed by atoms with Gasteiger partial charge in [0.25, 0.3) is 0 Å². The number of nitrogens with zero attached hydrogens (tertiary/aromatic N) is 1. The van der Waals surface area contributed by atoms with E-state index >= 15 is 0 Å². The molecule has 0 aromatic heterocycles. The van der Waals surface area contributed by atoms with Crippen molar-refractivity contribution in [3.05, 3.63) is 35.4 Å². The highest BCUT2D eigenvalue weighted by Gasteiger charge is 2.42. The molecule has 3 rings (SSSR count). The third-order valence-corrected chi connectivity index (χ3v) is 4.87. The molecule has 1 aliphatic heterocycles. The zero-order valence-corrected chi connectivity index (χ0v) is 13.4. The molecule has 0 bridgehead atoms. The fraction of sp³-hybridized carbons (Fsp3) is 0.562. The molecule has 1 amide bonds. The molecule has 2 fully saturated rings. The van der Waals surface area contributed by atoms with Crippen LogP contribution in [0, 0.1) is 11.8 Å². The van der Waals surface area contributed by atoms with Crippen LogP contribution in [-0.2, 0) is 17.4 Å². The van der Waals surface area contributed by atoms with E-state index in [-0.39, 0.29) is 30.8 Å². The molecule has 7 heteroatoms. The minimum absolute atomic E-state index is 0. The summed E-state index contributed by atoms with van der Waals surface area (Å²) in [7, 11) is 0. The summed E-state index contributed by atoms with van der Waals surface area (Å²) in [6, 6.07) is 5.14. The van der Waals surface area contributed by atoms with E-state index in [4.69, 9.17) is 5.73 Å². The van der Waals surface area contributed by atoms with E-state index in [0.29, 0.717) is 30.5 Å². The van der Waals surface area contributed by atoms with Crippen molar-refractivity contribution in [2.45, 2.75) is 31.5 Å². The van der Waals surface area contributed by atoms with Gasteiger partial charge in [0.15, 0.2) is 0 Å². The standard InChI is InChI=1S/C16H19F3N2O.ClH/c17-16(18,19)12-3-1-2-10(6-12)7-15(22)21-8-11-4-5-14(20)13(11)9-21;/h1-3,6,11,13-14H,4-5,7-9,20H2;1H. The Morgan fingerprint density at radius 2 is 2.00 bits per heavy atom. The summed E-state index contributed by atoms with van der Waals surface area (Å²) in [5.74, 6) is 0.701. The zero-order valence-electron chi connectivity index (χ0n) is 12.6. The molecule has 2 aliphatic rings. The van der Waals surface area contributed by atoms with Crippen LogP contribution < -0.4 is 5.73 Å². The third-order valence-electron chi connectivity index (χ3n) is 4.87. The Kier molecular flexibility index (Phi) is 5.26. The number of likely N-dealkylation sites (tertiary alicyclic amines) is 1. The Balaban J connectivity index is 0.00000192. The molecule has 0 radical (unpaired) electrons. The molecule has 1 heterocycles. The van der Waals surface area contributed by atoms with Gasteiger partial charge in [-0.3, -0.25) is 4.79 Å². The first-order valence-electron chi connectivity index (χ1n) is 7.54. The maximum atomic E-state index is 12.7. The van der Waals surface area contributed by atoms with Crippen molar-refractivity contribution in [2.24, 2.45) is 17.6 Å². The van der Waals surface area contributed by atoms with Crippen molar-refractivity contribution in [3.63, 3.8) is 0 Å². The van der Waals surface area contributed by atoms with Crippen LogP contribution in [-0.4, -0.2) is 29.9 Å². The average Bonchev–Trinajstić information content (AvgIpc) is 3.01. The fourth-order valence-corrected chi connectivity index (χ4v) is 3.66. The van der Waals surface area contributed by atoms with Gasteiger partial charge in [0.05, 0.1) is 12.0 Å². The summed E-state index contributed by atoms with van der Waals surface area (Å²) in [6.45, 7) is 1.33. The molecule has 1 aliphatic carbocycles. The maximum Gasteiger partial charge on any atom is 0.416 e. The summed E-state index contributed by atoms with van der Waals surface area (Å²) in [4.78, 5) is 14.1. The number of nitrogens with two attached hydrogens (primary N) is 1. The summed E-state index contributed by atoms with van der Waals surface area (Å²) < 4.78 is 38.1. The van der Waals surface area contributed by atoms with E-state index in [9.17, 15) is 18.0 Å². The lowest BCUT2D eigenvalue weighted by atomic mass is 9.98. The van der Waals surface area contributed by atoms with Crippen LogP contribution in [0.4, 0.5) is 13.2 Å². The van der Waals surface area contributed by atoms with Crippen molar-refractivity contribution in [2.75, 3.05) is 13.1 Å². The second-order valence-electron chi connectivity index (χ2n) is 6.34. The molecule has 1 saturated heterocycles. The Bertz CT molecular complexity index is 579. The number of hydrogen-bond donors (Lipinski definition) is 1. The number of carbonyl (C=O) groups excluding carboxylic acids is 1. The summed E-state index contributed by atoms with van der Waals surface area (Å²) in [5.41, 5.74) is 5.73. The van der Waals surface area contributed by atoms with E-state index in [1.807, 2.05) is 0 Å². The third kappa shape index (κ3) is 3.80. The molecule has 128 valence electrons. The van der Waals surface area contributed by atoms with Crippen LogP contribution in [0.25, 0.3) is 0 Å². The first-order valence-corrected chi connectivity index (χ1v) is 7.54. The number of hydrogen-bond acceptors (Lipinski definition) is 2. The molecule has 3 atom stereocenters. The fourth-order valence-electron chi connectivity index (χ4n) is 3.66. The monoisotopic (exact) mass is 348 g/mol. The summed E-state index contributed by atoms with van der Waals surface area (Å²) in [6.07, 6.45) is -2.32. The van der Waals surface area contributed by atoms with Crippen LogP contribution in [0.15, 0.2) is 24.3 Å². The topological polar surface area (TPSA) is 46.3 Å². The average molecular weight is 349 g/mol. The number of alkyl halides is 3. The van der Waals surface area contributed by atoms with Crippen molar-refractivity contribution in [3.8, 4) is 0 Å². The van der Waals surface area contributed by atoms with E-state index in [1.54, 1.807) is 11.0 Å². The Morgan fingerprint density at radius 1 is 1.26 bits per heavy atom. The quantitative estimate of drug-likeness (QED) is 0.893. The molecule has 1 aromatic carbocycles. The van der Waals surface area contributed by atoms with Crippen molar-refractivity contribution < 1.29 is 18.0 Å². The van der Waals surface area contributed by atoms with Crippen molar-refractivity contribution in [1.29, 1.82) is 0 Å². The van der Waals surface area contributed by atoms with Gasteiger partial charge >= 0.3 is 6.18 Å². The molecule has 2 N–H and O–H groups in total. The Morgan fingerprint density at radius 3 is 2.65 bits per heavy atom. The second kappa shape index (κ2) is 6.69. The normalized spacial score (nSPS) is 26.8. The lowest BCUT2D eigenvalue weighted by Gasteiger charge is -2.19. The van der Waals surface area contributed by atoms with Crippen LogP contribution in [0.2, 0.25) is 0 Å². The van der Waals surface area contributed by atoms with E-state index in [2.05, 4.69) is 0 Å². The smallest absolute Gasteiger partial charge is 0.342 e. The van der Waals surface area contributed by atoms with E-state index in [0.717, 1.165) is 25.0 Å². The number of amides is 1. The van der Waals surface area contributed by atoms with Gasteiger partial charge in [-0.25, -0.2) is 0 Å². The Labute approximate surface area is 139 Å². The lowest BCUT2D eigenvalue weighted by Crippen LogP contribution is -2.34. The number of rotatable bonds is 2. The van der Waals surface area contributed by atoms with Crippen molar-refractivity contribution in [1.82, 2.24) is 4.90 Å². The molecule has 3 unspecified atom stereocenters. The number of halogens is 4. The molecule has 0 spiro atoms. The predicted octanol–water partition coefficient (Wildman–Crippen LogP) is 2.87. The first kappa shape index (κ1) is 18.1. The maximum absolute atomic E-state index is 12.7. The van der Waals surface area contributed by atoms with Crippen LogP contribution in [0.1, 0.15) is 24.0 Å². The van der Waals surface area contributed by atoms with E-state index in [1.165, 1.54) is 6.07 Å². The molecule has 23 heavy (non-hydrogen) atoms. The molecule has 1 saturated carbocycles. The van der Waals surface area contributed by atoms with Crippen LogP contribution >= 0.6 is 12.4 Å². The molecular formula is C16H20ClF3N2O. The lowest BCUT2D eigenvalue weighted by molar-refractivity contribution is -0.138. The molecule has 3 nitrogen and oxygen atoms in total. The van der Waals surface area contributed by atoms with Gasteiger partial charge in [0.1, 0.15) is 0 Å². The molecule has 1 aromatic rings. The highest BCUT2D eigenvalue weighted by Crippen LogP contribution is 2.37. The summed E-state index contributed by atoms with van der Waals surface area (Å²) in [5, 5.41) is 0. The Hall–Kier alpha value is -1.27. The van der Waals surface area contributed by atoms with Crippen LogP contribution in [0.5, 0.6) is 0 Å². The minimum Gasteiger partial charge on any atom is -0.342 e. The predicted molar refractivity (Wildman–Crippen MR) is 83.2 cm³/mol. The summed E-state index contributed by atoms with van der Waals surface area (Å²) >= 11 is 0. The highest BCUT2D eigenvalue weighted by atomic mass is 35.5. The number of benzene rings is 1. The highest BCUT2D eigenvalue weighted by molar-refractivity contribution is 5.85. The van der Waals surface area contributed by atoms with Gasteiger partial charge in [-0.2, -0.15) is 13.2 Å². The second-order valence-corrected chi connectivity index (χ2v) is 6.34. The molecular weight excluding hydrogens is 329 g/mol. The van der Waals surface area contributed by atoms with Gasteiger partial charge in [-0.1, -0.05) is 18.2 Å². The largest absolute Gasteiger partial charge is 0.416 e. The van der Waals surface area contributed by atoms with Gasteiger partial charge in [0.2, 0.25) is 5.91 Å². The van der Waals surface area contributed by atoms with Gasteiger partial charge in [-0.15, -0.1) is 12.4 Å². The first-order chi connectivity index (χ1) is 10.3. The van der Waals surface area contributed by atoms with E-state index < -0.39 is 11.7 Å². The number of fused-ring (bicyclic) bond motifs is 1. The van der Waals surface area contributed by atoms with Gasteiger partial charge in [0, 0.05) is 19.1 Å². The SMILES string of the molecule is Cl.NC1CCC2CN(C(=O)Cc3cccc(C(F)(F)F)c3)CC12. The van der Waals surface area contributed by atoms with Crippen molar-refractivity contribution >= 4 is 18.3 Å². The zero-order chi connectivity index (χ0) is 15.9. The van der Waals surface area contributed by atoms with Gasteiger partial charge in [-0.05, 0) is 36.3 Å². The number of carbonyl (C=O) groups is 1. The van der Waals surface area contributed by atoms with Gasteiger partial charge < -0.3 is 10.6 Å².